The largest absolute Gasteiger partial charge is 0.382 e. The van der Waals surface area contributed by atoms with E-state index in [1.165, 1.54) is 6.20 Å². The molecule has 27 heteroatoms. The van der Waals surface area contributed by atoms with Gasteiger partial charge >= 0.3 is 10.1 Å². The highest BCUT2D eigenvalue weighted by molar-refractivity contribution is 7.87. The molecule has 712 valence electrons. The minimum absolute atomic E-state index is 0.0859. The van der Waals surface area contributed by atoms with Crippen molar-refractivity contribution in [2.24, 2.45) is 11.8 Å². The number of hydrogen-bond donors (Lipinski definition) is 3. The number of aromatic nitrogens is 3. The average Bonchev–Trinajstić information content (AvgIpc) is 0.843. The summed E-state index contributed by atoms with van der Waals surface area (Å²) in [5, 5.41) is 35.5. The fourth-order valence-electron chi connectivity index (χ4n) is 19.4. The van der Waals surface area contributed by atoms with E-state index in [2.05, 4.69) is 107 Å². The molecule has 0 bridgehead atoms. The number of nitro groups is 2. The molecule has 138 heavy (non-hydrogen) atoms. The van der Waals surface area contributed by atoms with Gasteiger partial charge in [-0.25, -0.2) is 15.0 Å². The van der Waals surface area contributed by atoms with Crippen LogP contribution in [0.1, 0.15) is 143 Å². The number of carbonyl (C=O) groups is 3. The molecule has 13 aromatic rings. The van der Waals surface area contributed by atoms with Crippen molar-refractivity contribution in [1.29, 1.82) is 0 Å². The number of fused-ring (bicyclic) bond motifs is 3. The molecular formula is C111H122N16O10S. The molecule has 0 saturated carbocycles. The molecule has 3 N–H and O–H groups in total. The zero-order valence-electron chi connectivity index (χ0n) is 79.2. The van der Waals surface area contributed by atoms with Gasteiger partial charge in [-0.1, -0.05) is 282 Å². The summed E-state index contributed by atoms with van der Waals surface area (Å²) >= 11 is 0. The molecule has 0 aliphatic carbocycles. The number of amides is 3. The Morgan fingerprint density at radius 3 is 0.957 bits per heavy atom. The van der Waals surface area contributed by atoms with Crippen LogP contribution in [0.4, 0.5) is 0 Å². The van der Waals surface area contributed by atoms with Gasteiger partial charge in [-0.3, -0.25) is 54.2 Å². The predicted molar refractivity (Wildman–Crippen MR) is 545 cm³/mol. The Labute approximate surface area is 808 Å². The molecule has 3 amide bonds. The van der Waals surface area contributed by atoms with Crippen LogP contribution >= 0.6 is 0 Å². The van der Waals surface area contributed by atoms with Crippen LogP contribution in [0.25, 0.3) is 66.5 Å². The lowest BCUT2D eigenvalue weighted by atomic mass is 9.93. The third-order valence-corrected chi connectivity index (χ3v) is 27.7. The Bertz CT molecular complexity index is 6520. The monoisotopic (exact) mass is 1870 g/mol. The summed E-state index contributed by atoms with van der Waals surface area (Å²) in [6.07, 6.45) is 6.55. The predicted octanol–water partition coefficient (Wildman–Crippen LogP) is 18.6. The molecule has 5 saturated heterocycles. The van der Waals surface area contributed by atoms with Crippen LogP contribution in [0, 0.1) is 32.1 Å². The lowest BCUT2D eigenvalue weighted by Gasteiger charge is -2.39. The standard InChI is InChI=1S/C39H42N4O4S.C37H42N6O3.C35H38N6O3/c1-29(2)37(30-14-6-3-7-15-30)41-39(44)36-33-20-12-13-21-35(33)40-38(31-16-8-4-9-17-31)34(36)28-43-24-22-42(23-25-43)26-27-48(45,46)47-32-18-10-5-11-19-32;1-27(2)35(28-13-5-3-6-14-28)39-37(44)34-30-17-9-10-18-32(30)38-36(29-15-7-4-8-16-29)31(34)25-40-21-23-42(24-22-40)33(26-43(45)46)41-19-11-12-20-41;1-26(27-12-4-2-5-13-27)36-35(42)33-29-16-8-9-17-31(29)37-34(28-14-6-3-7-15-28)30(33)24-38-20-22-40(23-21-38)32(25-41(43)44)39-18-10-11-19-39/h3-21,29,37H,22-28H2,1-2H3,(H,41,44);3-10,13-18,26-27,35H,11-12,19-25H2,1-2H3,(H,39,44);2-9,12-17,25-26H,10-11,18-24H2,1H3,(H,36,42)/b;33-26+;32-25+/t37-;35-;26-/m000/s1. The van der Waals surface area contributed by atoms with Crippen LogP contribution in [-0.4, -0.2) is 207 Å². The van der Waals surface area contributed by atoms with Crippen molar-refractivity contribution in [2.75, 3.05) is 117 Å². The van der Waals surface area contributed by atoms with Gasteiger partial charge in [-0.05, 0) is 91.5 Å². The first-order chi connectivity index (χ1) is 67.1. The summed E-state index contributed by atoms with van der Waals surface area (Å²) in [5.41, 5.74) is 15.4. The first-order valence-corrected chi connectivity index (χ1v) is 49.8. The number of carbonyl (C=O) groups excluding carboxylic acids is 3. The van der Waals surface area contributed by atoms with Gasteiger partial charge in [0.2, 0.25) is 0 Å². The molecule has 0 spiro atoms. The highest BCUT2D eigenvalue weighted by Crippen LogP contribution is 2.39. The summed E-state index contributed by atoms with van der Waals surface area (Å²) in [6, 6.07) is 92.1. The van der Waals surface area contributed by atoms with Crippen LogP contribution in [0.3, 0.4) is 0 Å². The Kier molecular flexibility index (Phi) is 32.5. The van der Waals surface area contributed by atoms with Crippen LogP contribution in [0.15, 0.2) is 309 Å². The minimum Gasteiger partial charge on any atom is -0.382 e. The van der Waals surface area contributed by atoms with E-state index >= 15 is 0 Å². The van der Waals surface area contributed by atoms with Crippen molar-refractivity contribution in [1.82, 2.24) is 70.1 Å². The summed E-state index contributed by atoms with van der Waals surface area (Å²) in [6.45, 7) is 24.3. The second kappa shape index (κ2) is 46.2. The molecule has 3 atom stereocenters. The van der Waals surface area contributed by atoms with Crippen LogP contribution < -0.4 is 20.1 Å². The number of para-hydroxylation sites is 4. The van der Waals surface area contributed by atoms with E-state index in [4.69, 9.17) is 19.1 Å². The average molecular weight is 1870 g/mol. The number of benzene rings is 10. The van der Waals surface area contributed by atoms with Crippen LogP contribution in [-0.2, 0) is 29.8 Å². The van der Waals surface area contributed by atoms with Crippen molar-refractivity contribution in [2.45, 2.75) is 98.1 Å². The second-order valence-corrected chi connectivity index (χ2v) is 38.3. The van der Waals surface area contributed by atoms with Gasteiger partial charge in [0.15, 0.2) is 11.6 Å². The van der Waals surface area contributed by atoms with Crippen molar-refractivity contribution in [3.05, 3.63) is 379 Å². The van der Waals surface area contributed by atoms with E-state index in [0.717, 1.165) is 171 Å². The summed E-state index contributed by atoms with van der Waals surface area (Å²) in [7, 11) is -3.71. The molecular weight excluding hydrogens is 1750 g/mol. The summed E-state index contributed by atoms with van der Waals surface area (Å²) in [4.78, 5) is 98.7. The fraction of sp³-hybridized carbons (Fsp3) is 0.315. The number of piperazine rings is 3. The Hall–Kier alpha value is -14.1. The molecule has 26 nitrogen and oxygen atoms in total. The first kappa shape index (κ1) is 97.0. The lowest BCUT2D eigenvalue weighted by Crippen LogP contribution is -2.48. The van der Waals surface area contributed by atoms with Crippen LogP contribution in [0.5, 0.6) is 5.75 Å². The number of rotatable bonds is 31. The Morgan fingerprint density at radius 2 is 0.630 bits per heavy atom. The lowest BCUT2D eigenvalue weighted by molar-refractivity contribution is -0.405. The molecule has 3 aromatic heterocycles. The van der Waals surface area contributed by atoms with Crippen molar-refractivity contribution in [3.63, 3.8) is 0 Å². The quantitative estimate of drug-likeness (QED) is 0.0207. The second-order valence-electron chi connectivity index (χ2n) is 36.6. The molecule has 5 fully saturated rings. The summed E-state index contributed by atoms with van der Waals surface area (Å²) < 4.78 is 30.5. The van der Waals surface area contributed by atoms with Crippen molar-refractivity contribution in [3.8, 4) is 39.5 Å². The SMILES string of the molecule is CC(C)[C@H](NC(=O)c1c(CN2CCN(/C(=C/[N+](=O)[O-])N3CCCC3)CC2)c(-c2ccccc2)nc2ccccc12)c1ccccc1.CC(C)[C@H](NC(=O)c1c(CN2CCN(CCS(=O)(=O)Oc3ccccc3)CC2)c(-c2ccccc2)nc2ccccc12)c1ccccc1.C[C@H](NC(=O)c1c(CN2CCN(/C(=C/[N+](=O)[O-])N3CCCC3)CC2)c(-c2ccccc2)nc2ccccc12)c1ccccc1. The smallest absolute Gasteiger partial charge is 0.310 e. The van der Waals surface area contributed by atoms with E-state index in [1.807, 2.05) is 244 Å². The molecule has 5 aliphatic heterocycles. The highest BCUT2D eigenvalue weighted by Gasteiger charge is 2.36. The normalized spacial score (nSPS) is 16.1. The Morgan fingerprint density at radius 1 is 0.355 bits per heavy atom. The maximum Gasteiger partial charge on any atom is 0.310 e. The van der Waals surface area contributed by atoms with Crippen LogP contribution in [0.2, 0.25) is 0 Å². The molecule has 18 rings (SSSR count). The zero-order chi connectivity index (χ0) is 96.0. The topological polar surface area (TPSA) is 282 Å². The first-order valence-electron chi connectivity index (χ1n) is 48.2. The number of likely N-dealkylation sites (tertiary alicyclic amines) is 2. The van der Waals surface area contributed by atoms with E-state index in [9.17, 15) is 43.0 Å². The van der Waals surface area contributed by atoms with Gasteiger partial charge in [-0.2, -0.15) is 8.42 Å². The van der Waals surface area contributed by atoms with Gasteiger partial charge in [0.25, 0.3) is 30.1 Å². The maximum atomic E-state index is 14.5. The van der Waals surface area contributed by atoms with E-state index in [-0.39, 0.29) is 63.3 Å². The maximum absolute atomic E-state index is 14.5. The van der Waals surface area contributed by atoms with Crippen molar-refractivity contribution < 1.29 is 36.8 Å². The molecule has 10 aromatic carbocycles. The summed E-state index contributed by atoms with van der Waals surface area (Å²) in [5.74, 6) is 1.65. The Balaban J connectivity index is 0.000000150. The van der Waals surface area contributed by atoms with Gasteiger partial charge < -0.3 is 39.7 Å². The fourth-order valence-corrected chi connectivity index (χ4v) is 20.4. The zero-order valence-corrected chi connectivity index (χ0v) is 80.0. The van der Waals surface area contributed by atoms with Gasteiger partial charge in [0.1, 0.15) is 5.75 Å². The minimum atomic E-state index is -3.71. The molecule has 5 aliphatic rings. The van der Waals surface area contributed by atoms with E-state index in [0.29, 0.717) is 126 Å². The van der Waals surface area contributed by atoms with Crippen molar-refractivity contribution >= 4 is 60.5 Å². The third-order valence-electron chi connectivity index (χ3n) is 26.6. The number of pyridine rings is 3. The third kappa shape index (κ3) is 24.5. The highest BCUT2D eigenvalue weighted by atomic mass is 32.2. The molecule has 8 heterocycles. The number of hydrogen-bond acceptors (Lipinski definition) is 21. The van der Waals surface area contributed by atoms with E-state index in [1.54, 1.807) is 24.3 Å². The number of nitrogens with zero attached hydrogens (tertiary/aromatic N) is 13. The van der Waals surface area contributed by atoms with Gasteiger partial charge in [0.05, 0.1) is 84.0 Å². The molecule has 0 radical (unpaired) electrons. The van der Waals surface area contributed by atoms with Gasteiger partial charge in [0, 0.05) is 180 Å². The number of nitrogens with one attached hydrogen (secondary N) is 3. The van der Waals surface area contributed by atoms with Gasteiger partial charge in [-0.15, -0.1) is 0 Å². The van der Waals surface area contributed by atoms with E-state index < -0.39 is 10.1 Å². The molecule has 0 unspecified atom stereocenters.